The molecule has 10 rings (SSSR count). The van der Waals surface area contributed by atoms with E-state index < -0.39 is 114 Å². The lowest BCUT2D eigenvalue weighted by Crippen LogP contribution is -2.63. The number of ether oxygens (including phenoxy) is 5. The first-order chi connectivity index (χ1) is 38.6. The highest BCUT2D eigenvalue weighted by molar-refractivity contribution is 7.10. The molecule has 4 heterocycles. The van der Waals surface area contributed by atoms with Gasteiger partial charge in [-0.05, 0) is 72.9 Å². The van der Waals surface area contributed by atoms with Crippen LogP contribution in [-0.4, -0.2) is 156 Å². The van der Waals surface area contributed by atoms with Crippen LogP contribution in [0, 0.1) is 28.6 Å². The van der Waals surface area contributed by atoms with Crippen molar-refractivity contribution >= 4 is 70.1 Å². The van der Waals surface area contributed by atoms with E-state index in [4.69, 9.17) is 23.7 Å². The van der Waals surface area contributed by atoms with E-state index in [0.29, 0.717) is 35.4 Å². The van der Waals surface area contributed by atoms with Gasteiger partial charge in [-0.2, -0.15) is 0 Å². The molecule has 1 aromatic heterocycles. The molecule has 25 heteroatoms. The van der Waals surface area contributed by atoms with Crippen molar-refractivity contribution in [2.75, 3.05) is 30.3 Å². The number of carbonyl (C=O) groups is 8. The normalized spacial score (nSPS) is 32.7. The minimum Gasteiger partial charge on any atom is -0.479 e. The van der Waals surface area contributed by atoms with Crippen LogP contribution < -0.4 is 20.7 Å². The summed E-state index contributed by atoms with van der Waals surface area (Å²) >= 11 is 1.28. The van der Waals surface area contributed by atoms with Gasteiger partial charge in [-0.3, -0.25) is 39.0 Å². The van der Waals surface area contributed by atoms with E-state index in [1.165, 1.54) is 29.5 Å². The number of aliphatic carboxylic acids is 1. The Morgan fingerprint density at radius 2 is 1.63 bits per heavy atom. The Hall–Kier alpha value is -7.07. The molecule has 3 aliphatic heterocycles. The molecule has 430 valence electrons. The van der Waals surface area contributed by atoms with E-state index in [2.05, 4.69) is 27.9 Å². The number of benzene rings is 2. The number of ketones is 2. The summed E-state index contributed by atoms with van der Waals surface area (Å²) < 4.78 is 29.8. The third-order valence-electron chi connectivity index (χ3n) is 17.1. The smallest absolute Gasteiger partial charge is 0.413 e. The van der Waals surface area contributed by atoms with E-state index >= 15 is 0 Å². The minimum atomic E-state index is -2.00. The Labute approximate surface area is 466 Å². The highest BCUT2D eigenvalue weighted by Crippen LogP contribution is 2.70. The van der Waals surface area contributed by atoms with E-state index in [9.17, 15) is 69.0 Å². The van der Waals surface area contributed by atoms with Crippen molar-refractivity contribution in [3.8, 4) is 5.75 Å². The molecule has 3 aromatic rings. The average molecular weight is 1140 g/mol. The lowest BCUT2D eigenvalue weighted by molar-refractivity contribution is -0.271. The zero-order chi connectivity index (χ0) is 57.7. The number of amides is 5. The second-order valence-corrected chi connectivity index (χ2v) is 22.8. The SMILES string of the molecule is C[C@]12C=CC(=O)C=C1CC[C@@H]1[C@@H]2[C@@H](O)C[C@@]2(C)[C@H]1C[C@H]1O[C@H](c3ccc(Cc4nc(NC(=O)OCc5ccc(O[C@@H]6O[C@H](C(=O)O)[C@@H](O)[C@H](O)[C@H]6O)c(NC(=O)CCNC(=O)CCN6C(=O)C=CC6=O)c5)cs4)cc3)O[C@]12C(=O)CO. The maximum absolute atomic E-state index is 14.0. The van der Waals surface area contributed by atoms with E-state index in [-0.39, 0.29) is 79.8 Å². The van der Waals surface area contributed by atoms with Crippen LogP contribution in [0.5, 0.6) is 5.75 Å². The molecule has 24 nitrogen and oxygen atoms in total. The molecule has 0 spiro atoms. The second-order valence-electron chi connectivity index (χ2n) is 21.8. The highest BCUT2D eigenvalue weighted by Gasteiger charge is 2.76. The molecule has 0 radical (unpaired) electrons. The van der Waals surface area contributed by atoms with Gasteiger partial charge in [0.15, 0.2) is 29.6 Å². The maximum Gasteiger partial charge on any atom is 0.413 e. The molecule has 7 aliphatic rings. The molecule has 5 amide bonds. The van der Waals surface area contributed by atoms with Crippen LogP contribution in [0.25, 0.3) is 0 Å². The van der Waals surface area contributed by atoms with Gasteiger partial charge in [0, 0.05) is 72.2 Å². The van der Waals surface area contributed by atoms with E-state index in [1.807, 2.05) is 37.3 Å². The summed E-state index contributed by atoms with van der Waals surface area (Å²) in [5, 5.41) is 73.0. The molecule has 0 unspecified atom stereocenters. The first-order valence-electron chi connectivity index (χ1n) is 26.5. The number of thiazole rings is 1. The Balaban J connectivity index is 0.745. The van der Waals surface area contributed by atoms with Gasteiger partial charge in [-0.1, -0.05) is 55.8 Å². The number of allylic oxidation sites excluding steroid dienone is 4. The van der Waals surface area contributed by atoms with Gasteiger partial charge in [0.25, 0.3) is 11.8 Å². The first kappa shape index (κ1) is 57.2. The fraction of sp³-hybridized carbons (Fsp3) is 0.482. The second kappa shape index (κ2) is 22.7. The number of nitrogens with one attached hydrogen (secondary N) is 3. The van der Waals surface area contributed by atoms with Crippen molar-refractivity contribution in [2.24, 2.45) is 28.6 Å². The number of anilines is 2. The Kier molecular flexibility index (Phi) is 16.0. The van der Waals surface area contributed by atoms with Crippen molar-refractivity contribution in [2.45, 2.75) is 120 Å². The van der Waals surface area contributed by atoms with Crippen molar-refractivity contribution in [3.05, 3.63) is 105 Å². The number of imide groups is 1. The summed E-state index contributed by atoms with van der Waals surface area (Å²) in [6.07, 6.45) is -3.62. The van der Waals surface area contributed by atoms with Gasteiger partial charge < -0.3 is 65.0 Å². The Morgan fingerprint density at radius 3 is 2.36 bits per heavy atom. The van der Waals surface area contributed by atoms with Crippen LogP contribution in [0.15, 0.2) is 83.8 Å². The van der Waals surface area contributed by atoms with Crippen LogP contribution in [-0.2, 0) is 65.5 Å². The lowest BCUT2D eigenvalue weighted by atomic mass is 9.46. The largest absolute Gasteiger partial charge is 0.479 e. The predicted octanol–water partition coefficient (Wildman–Crippen LogP) is 2.12. The van der Waals surface area contributed by atoms with Gasteiger partial charge >= 0.3 is 12.1 Å². The summed E-state index contributed by atoms with van der Waals surface area (Å²) in [5.74, 6) is -4.71. The number of carbonyl (C=O) groups excluding carboxylic acids is 7. The molecule has 2 saturated heterocycles. The highest BCUT2D eigenvalue weighted by atomic mass is 32.1. The molecule has 9 N–H and O–H groups in total. The Bertz CT molecular complexity index is 3110. The molecule has 0 bridgehead atoms. The number of rotatable bonds is 18. The van der Waals surface area contributed by atoms with E-state index in [0.717, 1.165) is 34.6 Å². The van der Waals surface area contributed by atoms with Crippen LogP contribution in [0.3, 0.4) is 0 Å². The molecule has 3 saturated carbocycles. The monoisotopic (exact) mass is 1140 g/mol. The summed E-state index contributed by atoms with van der Waals surface area (Å²) in [7, 11) is 0. The van der Waals surface area contributed by atoms with Crippen molar-refractivity contribution in [1.82, 2.24) is 15.2 Å². The Morgan fingerprint density at radius 1 is 0.889 bits per heavy atom. The van der Waals surface area contributed by atoms with E-state index in [1.54, 1.807) is 17.5 Å². The molecular weight excluding hydrogens is 1080 g/mol. The molecule has 5 fully saturated rings. The van der Waals surface area contributed by atoms with Gasteiger partial charge in [0.05, 0.1) is 22.9 Å². The summed E-state index contributed by atoms with van der Waals surface area (Å²) in [5.41, 5.74) is -0.113. The standard InChI is InChI=1S/C56H61N5O19S/c1-54-16-13-31(63)21-30(54)8-9-32-33-22-38-56(37(65)24-62,55(33,2)23-35(64)45(32)54)80-51(78-38)29-6-3-27(4-7-29)20-42-59-39(26-81-42)60-53(75)76-25-28-5-10-36(77-52-48(72)46(70)47(71)49(79-52)50(73)74)34(19-28)58-41(67)14-17-57-40(66)15-18-61-43(68)11-12-44(61)69/h3-7,10-13,16,19,21,26,32-33,35,38,45-49,51-52,62,64,70-72H,8-9,14-15,17-18,20,22-25H2,1-2H3,(H,57,66)(H,58,67)(H,60,75)(H,73,74)/t32-,33-,35-,38+,45+,46-,47-,48+,49-,51-,52+,54-,55-,56+/m0/s1. The van der Waals surface area contributed by atoms with Crippen molar-refractivity contribution in [3.63, 3.8) is 0 Å². The lowest BCUT2D eigenvalue weighted by Gasteiger charge is -2.59. The van der Waals surface area contributed by atoms with Crippen LogP contribution in [0.2, 0.25) is 0 Å². The van der Waals surface area contributed by atoms with Gasteiger partial charge in [0.1, 0.15) is 43.1 Å². The topological polar surface area (TPSA) is 356 Å². The maximum atomic E-state index is 14.0. The summed E-state index contributed by atoms with van der Waals surface area (Å²) in [6, 6.07) is 11.5. The number of hydrogen-bond acceptors (Lipinski definition) is 20. The summed E-state index contributed by atoms with van der Waals surface area (Å²) in [4.78, 5) is 106. The van der Waals surface area contributed by atoms with Crippen LogP contribution in [0.1, 0.15) is 80.4 Å². The zero-order valence-electron chi connectivity index (χ0n) is 43.9. The number of nitrogens with zero attached hydrogens (tertiary/aromatic N) is 2. The third-order valence-corrected chi connectivity index (χ3v) is 17.9. The number of carboxylic acid groups (broad SMARTS) is 1. The fourth-order valence-electron chi connectivity index (χ4n) is 13.2. The van der Waals surface area contributed by atoms with Crippen LogP contribution >= 0.6 is 11.3 Å². The number of aliphatic hydroxyl groups excluding tert-OH is 5. The van der Waals surface area contributed by atoms with Gasteiger partial charge in [0.2, 0.25) is 18.1 Å². The fourth-order valence-corrected chi connectivity index (χ4v) is 13.9. The van der Waals surface area contributed by atoms with Crippen LogP contribution in [0.4, 0.5) is 16.3 Å². The number of aromatic nitrogens is 1. The molecule has 4 aliphatic carbocycles. The van der Waals surface area contributed by atoms with Gasteiger partial charge in [-0.25, -0.2) is 14.6 Å². The van der Waals surface area contributed by atoms with Crippen molar-refractivity contribution in [1.29, 1.82) is 0 Å². The predicted molar refractivity (Wildman–Crippen MR) is 280 cm³/mol. The van der Waals surface area contributed by atoms with Gasteiger partial charge in [-0.15, -0.1) is 11.3 Å². The molecule has 81 heavy (non-hydrogen) atoms. The number of Topliss-reactive ketones (excluding diaryl/α,β-unsaturated/α-hetero) is 1. The average Bonchev–Trinajstić information content (AvgIpc) is 4.41. The number of carboxylic acids is 1. The third kappa shape index (κ3) is 10.8. The first-order valence-corrected chi connectivity index (χ1v) is 27.4. The minimum absolute atomic E-state index is 0.0204. The molecule has 2 aromatic carbocycles. The quantitative estimate of drug-likeness (QED) is 0.0824. The van der Waals surface area contributed by atoms with Crippen molar-refractivity contribution < 1.29 is 92.7 Å². The molecule has 14 atom stereocenters. The number of hydrogen-bond donors (Lipinski definition) is 9. The zero-order valence-corrected chi connectivity index (χ0v) is 44.7. The molecular formula is C56H61N5O19S. The summed E-state index contributed by atoms with van der Waals surface area (Å²) in [6.45, 7) is 2.60. The number of fused-ring (bicyclic) bond motifs is 7. The number of aliphatic hydroxyl groups is 5.